The third-order valence-corrected chi connectivity index (χ3v) is 2.48. The van der Waals surface area contributed by atoms with Gasteiger partial charge in [-0.25, -0.2) is 4.79 Å². The van der Waals surface area contributed by atoms with Crippen molar-refractivity contribution < 1.29 is 32.6 Å². The predicted molar refractivity (Wildman–Crippen MR) is 49.2 cm³/mol. The van der Waals surface area contributed by atoms with Gasteiger partial charge in [0.15, 0.2) is 5.60 Å². The first-order valence-corrected chi connectivity index (χ1v) is 4.54. The summed E-state index contributed by atoms with van der Waals surface area (Å²) < 4.78 is 42.0. The molecule has 0 radical (unpaired) electrons. The lowest BCUT2D eigenvalue weighted by Crippen LogP contribution is -2.71. The number of hydrogen-bond acceptors (Lipinski definition) is 3. The van der Waals surface area contributed by atoms with E-state index < -0.39 is 36.7 Å². The zero-order valence-corrected chi connectivity index (χ0v) is 8.82. The molecule has 1 fully saturated rings. The molecule has 17 heavy (non-hydrogen) atoms. The van der Waals surface area contributed by atoms with Crippen molar-refractivity contribution in [2.45, 2.75) is 11.8 Å². The van der Waals surface area contributed by atoms with Crippen LogP contribution >= 0.6 is 0 Å². The molecule has 0 saturated carbocycles. The van der Waals surface area contributed by atoms with E-state index in [1.54, 1.807) is 0 Å². The van der Waals surface area contributed by atoms with Crippen LogP contribution in [-0.2, 0) is 14.3 Å². The first-order chi connectivity index (χ1) is 7.72. The van der Waals surface area contributed by atoms with Crippen molar-refractivity contribution in [2.24, 2.45) is 0 Å². The highest BCUT2D eigenvalue weighted by molar-refractivity contribution is 5.94. The normalized spacial score (nSPS) is 19.2. The van der Waals surface area contributed by atoms with Crippen LogP contribution in [0.3, 0.4) is 0 Å². The standard InChI is InChI=1S/C9H10F3NO4/c1-17-8(9(10,11)12)4-13(5-8)6(14)2-3-7(15)16/h2-3H,4-5H2,1H3,(H,15,16)/b3-2+. The van der Waals surface area contributed by atoms with Crippen LogP contribution in [0.2, 0.25) is 0 Å². The maximum Gasteiger partial charge on any atom is 0.420 e. The van der Waals surface area contributed by atoms with Crippen molar-refractivity contribution in [2.75, 3.05) is 20.2 Å². The lowest BCUT2D eigenvalue weighted by Gasteiger charge is -2.48. The highest BCUT2D eigenvalue weighted by Gasteiger charge is 2.63. The van der Waals surface area contributed by atoms with Crippen molar-refractivity contribution in [3.8, 4) is 0 Å². The zero-order valence-electron chi connectivity index (χ0n) is 8.82. The molecule has 0 aliphatic carbocycles. The van der Waals surface area contributed by atoms with Gasteiger partial charge in [-0.05, 0) is 0 Å². The topological polar surface area (TPSA) is 66.8 Å². The Hall–Kier alpha value is -1.57. The summed E-state index contributed by atoms with van der Waals surface area (Å²) in [4.78, 5) is 22.2. The first-order valence-electron chi connectivity index (χ1n) is 4.54. The average molecular weight is 253 g/mol. The molecule has 1 aliphatic rings. The highest BCUT2D eigenvalue weighted by Crippen LogP contribution is 2.40. The zero-order chi connectivity index (χ0) is 13.3. The Labute approximate surface area is 94.5 Å². The molecule has 1 saturated heterocycles. The van der Waals surface area contributed by atoms with Gasteiger partial charge in [0.1, 0.15) is 0 Å². The molecule has 1 rings (SSSR count). The Morgan fingerprint density at radius 2 is 1.88 bits per heavy atom. The van der Waals surface area contributed by atoms with Gasteiger partial charge in [-0.2, -0.15) is 13.2 Å². The number of aliphatic carboxylic acids is 1. The molecule has 1 aliphatic heterocycles. The van der Waals surface area contributed by atoms with Crippen LogP contribution < -0.4 is 0 Å². The molecule has 0 aromatic carbocycles. The van der Waals surface area contributed by atoms with Crippen molar-refractivity contribution in [1.82, 2.24) is 4.90 Å². The van der Waals surface area contributed by atoms with Gasteiger partial charge in [-0.1, -0.05) is 0 Å². The van der Waals surface area contributed by atoms with E-state index in [1.807, 2.05) is 0 Å². The Morgan fingerprint density at radius 3 is 2.24 bits per heavy atom. The van der Waals surface area contributed by atoms with Gasteiger partial charge in [0.25, 0.3) is 0 Å². The van der Waals surface area contributed by atoms with E-state index in [1.165, 1.54) is 0 Å². The third-order valence-electron chi connectivity index (χ3n) is 2.48. The predicted octanol–water partition coefficient (Wildman–Crippen LogP) is 0.417. The van der Waals surface area contributed by atoms with Gasteiger partial charge in [0.05, 0.1) is 13.1 Å². The second-order valence-electron chi connectivity index (χ2n) is 3.56. The largest absolute Gasteiger partial charge is 0.478 e. The maximum atomic E-state index is 12.5. The number of ether oxygens (including phenoxy) is 1. The molecular formula is C9H10F3NO4. The molecule has 1 amide bonds. The number of methoxy groups -OCH3 is 1. The Bertz CT molecular complexity index is 358. The molecule has 0 unspecified atom stereocenters. The average Bonchev–Trinajstić information content (AvgIpc) is 2.11. The Morgan fingerprint density at radius 1 is 1.35 bits per heavy atom. The summed E-state index contributed by atoms with van der Waals surface area (Å²) in [6, 6.07) is 0. The molecular weight excluding hydrogens is 243 g/mol. The van der Waals surface area contributed by atoms with Gasteiger partial charge >= 0.3 is 12.1 Å². The van der Waals surface area contributed by atoms with Crippen molar-refractivity contribution in [3.05, 3.63) is 12.2 Å². The number of likely N-dealkylation sites (tertiary alicyclic amines) is 1. The maximum absolute atomic E-state index is 12.5. The van der Waals surface area contributed by atoms with Crippen LogP contribution in [0.5, 0.6) is 0 Å². The molecule has 5 nitrogen and oxygen atoms in total. The third kappa shape index (κ3) is 2.57. The van der Waals surface area contributed by atoms with Gasteiger partial charge in [0, 0.05) is 19.3 Å². The minimum atomic E-state index is -4.56. The fourth-order valence-electron chi connectivity index (χ4n) is 1.40. The number of nitrogens with zero attached hydrogens (tertiary/aromatic N) is 1. The molecule has 96 valence electrons. The van der Waals surface area contributed by atoms with E-state index in [2.05, 4.69) is 4.74 Å². The van der Waals surface area contributed by atoms with Gasteiger partial charge in [-0.15, -0.1) is 0 Å². The molecule has 1 N–H and O–H groups in total. The Balaban J connectivity index is 2.61. The molecule has 0 aromatic rings. The lowest BCUT2D eigenvalue weighted by atomic mass is 9.93. The summed E-state index contributed by atoms with van der Waals surface area (Å²) >= 11 is 0. The first kappa shape index (κ1) is 13.5. The van der Waals surface area contributed by atoms with E-state index in [0.717, 1.165) is 12.0 Å². The molecule has 0 bridgehead atoms. The SMILES string of the molecule is COC1(C(F)(F)F)CN(C(=O)/C=C/C(=O)O)C1. The van der Waals surface area contributed by atoms with E-state index in [4.69, 9.17) is 5.11 Å². The second kappa shape index (κ2) is 4.36. The van der Waals surface area contributed by atoms with Gasteiger partial charge in [0.2, 0.25) is 5.91 Å². The number of carboxylic acid groups (broad SMARTS) is 1. The number of halogens is 3. The number of carbonyl (C=O) groups excluding carboxylic acids is 1. The van der Waals surface area contributed by atoms with Gasteiger partial charge in [-0.3, -0.25) is 4.79 Å². The minimum absolute atomic E-state index is 0.572. The van der Waals surface area contributed by atoms with Crippen LogP contribution in [0.25, 0.3) is 0 Å². The molecule has 0 spiro atoms. The van der Waals surface area contributed by atoms with E-state index >= 15 is 0 Å². The van der Waals surface area contributed by atoms with Crippen LogP contribution in [0.4, 0.5) is 13.2 Å². The Kier molecular flexibility index (Phi) is 3.46. The van der Waals surface area contributed by atoms with Crippen LogP contribution in [0.15, 0.2) is 12.2 Å². The number of carbonyl (C=O) groups is 2. The monoisotopic (exact) mass is 253 g/mol. The fraction of sp³-hybridized carbons (Fsp3) is 0.556. The summed E-state index contributed by atoms with van der Waals surface area (Å²) in [5, 5.41) is 8.25. The molecule has 0 atom stereocenters. The lowest BCUT2D eigenvalue weighted by molar-refractivity contribution is -0.305. The van der Waals surface area contributed by atoms with Crippen LogP contribution in [0, 0.1) is 0 Å². The highest BCUT2D eigenvalue weighted by atomic mass is 19.4. The smallest absolute Gasteiger partial charge is 0.420 e. The van der Waals surface area contributed by atoms with Crippen LogP contribution in [0.1, 0.15) is 0 Å². The quantitative estimate of drug-likeness (QED) is 0.740. The summed E-state index contributed by atoms with van der Waals surface area (Å²) in [5.74, 6) is -2.13. The molecule has 0 aromatic heterocycles. The second-order valence-corrected chi connectivity index (χ2v) is 3.56. The number of rotatable bonds is 3. The number of alkyl halides is 3. The van der Waals surface area contributed by atoms with Gasteiger partial charge < -0.3 is 14.7 Å². The molecule has 8 heteroatoms. The number of hydrogen-bond donors (Lipinski definition) is 1. The van der Waals surface area contributed by atoms with Crippen molar-refractivity contribution >= 4 is 11.9 Å². The van der Waals surface area contributed by atoms with Crippen molar-refractivity contribution in [3.63, 3.8) is 0 Å². The number of carboxylic acids is 1. The summed E-state index contributed by atoms with van der Waals surface area (Å²) in [5.41, 5.74) is -2.33. The fourth-order valence-corrected chi connectivity index (χ4v) is 1.40. The minimum Gasteiger partial charge on any atom is -0.478 e. The summed E-state index contributed by atoms with van der Waals surface area (Å²) in [6.07, 6.45) is -3.28. The number of amides is 1. The van der Waals surface area contributed by atoms with E-state index in [0.29, 0.717) is 12.2 Å². The molecule has 1 heterocycles. The van der Waals surface area contributed by atoms with E-state index in [-0.39, 0.29) is 0 Å². The van der Waals surface area contributed by atoms with Crippen LogP contribution in [-0.4, -0.2) is 53.9 Å². The van der Waals surface area contributed by atoms with E-state index in [9.17, 15) is 22.8 Å². The summed E-state index contributed by atoms with van der Waals surface area (Å²) in [7, 11) is 0.919. The van der Waals surface area contributed by atoms with Crippen molar-refractivity contribution in [1.29, 1.82) is 0 Å². The summed E-state index contributed by atoms with van der Waals surface area (Å²) in [6.45, 7) is -1.26.